The molecule has 2 aromatic heterocycles. The Morgan fingerprint density at radius 2 is 2.00 bits per heavy atom. The number of halogens is 3. The highest BCUT2D eigenvalue weighted by molar-refractivity contribution is 7.13. The Bertz CT molecular complexity index is 860. The fraction of sp³-hybridized carbons (Fsp3) is 0.125. The summed E-state index contributed by atoms with van der Waals surface area (Å²) >= 11 is 1.32. The van der Waals surface area contributed by atoms with Crippen molar-refractivity contribution < 1.29 is 22.4 Å². The molecule has 0 aliphatic carbocycles. The molecular formula is C16H12F3N3O2S. The second-order valence-electron chi connectivity index (χ2n) is 5.01. The van der Waals surface area contributed by atoms with E-state index in [2.05, 4.69) is 15.8 Å². The van der Waals surface area contributed by atoms with Gasteiger partial charge in [0.05, 0.1) is 29.6 Å². The van der Waals surface area contributed by atoms with Gasteiger partial charge in [-0.15, -0.1) is 11.3 Å². The number of hydrogen-bond acceptors (Lipinski definition) is 5. The first-order valence-electron chi connectivity index (χ1n) is 7.13. The van der Waals surface area contributed by atoms with Gasteiger partial charge in [-0.2, -0.15) is 13.2 Å². The number of benzene rings is 1. The van der Waals surface area contributed by atoms with Crippen molar-refractivity contribution in [1.29, 1.82) is 0 Å². The standard InChI is InChI=1S/C16H12F3N3O2S/c17-16(18,19)11-4-1-2-5-12(11)21-22-14(23)8-10-9-25-15(20-10)13-6-3-7-24-13/h1-7,9,21H,8H2,(H,22,23). The van der Waals surface area contributed by atoms with Gasteiger partial charge in [0.1, 0.15) is 0 Å². The summed E-state index contributed by atoms with van der Waals surface area (Å²) in [6.07, 6.45) is -3.06. The van der Waals surface area contributed by atoms with E-state index < -0.39 is 17.6 Å². The minimum Gasteiger partial charge on any atom is -0.462 e. The lowest BCUT2D eigenvalue weighted by molar-refractivity contribution is -0.137. The number of thiazole rings is 1. The number of rotatable bonds is 5. The van der Waals surface area contributed by atoms with Gasteiger partial charge in [0.15, 0.2) is 10.8 Å². The first-order chi connectivity index (χ1) is 11.9. The van der Waals surface area contributed by atoms with Gasteiger partial charge in [-0.25, -0.2) is 4.98 Å². The normalized spacial score (nSPS) is 11.3. The molecule has 5 nitrogen and oxygen atoms in total. The third kappa shape index (κ3) is 4.18. The van der Waals surface area contributed by atoms with Crippen molar-refractivity contribution in [2.24, 2.45) is 0 Å². The average molecular weight is 367 g/mol. The number of alkyl halides is 3. The molecule has 2 N–H and O–H groups in total. The van der Waals surface area contributed by atoms with E-state index in [4.69, 9.17) is 4.42 Å². The fourth-order valence-electron chi connectivity index (χ4n) is 2.09. The fourth-order valence-corrected chi connectivity index (χ4v) is 2.87. The molecule has 0 spiro atoms. The molecule has 0 saturated carbocycles. The van der Waals surface area contributed by atoms with E-state index >= 15 is 0 Å². The highest BCUT2D eigenvalue weighted by atomic mass is 32.1. The number of furan rings is 1. The van der Waals surface area contributed by atoms with Gasteiger partial charge in [0.2, 0.25) is 5.91 Å². The van der Waals surface area contributed by atoms with Crippen LogP contribution in [0.25, 0.3) is 10.8 Å². The Balaban J connectivity index is 1.61. The highest BCUT2D eigenvalue weighted by Gasteiger charge is 2.33. The van der Waals surface area contributed by atoms with Gasteiger partial charge in [0.25, 0.3) is 0 Å². The van der Waals surface area contributed by atoms with Crippen molar-refractivity contribution in [2.45, 2.75) is 12.6 Å². The van der Waals surface area contributed by atoms with Gasteiger partial charge in [-0.3, -0.25) is 15.6 Å². The number of carbonyl (C=O) groups is 1. The molecule has 1 aromatic carbocycles. The number of nitrogens with one attached hydrogen (secondary N) is 2. The number of para-hydroxylation sites is 1. The Morgan fingerprint density at radius 3 is 2.72 bits per heavy atom. The number of aromatic nitrogens is 1. The zero-order chi connectivity index (χ0) is 17.9. The Labute approximate surface area is 144 Å². The van der Waals surface area contributed by atoms with Crippen molar-refractivity contribution in [3.05, 3.63) is 59.3 Å². The molecule has 0 bridgehead atoms. The molecule has 0 aliphatic heterocycles. The minimum absolute atomic E-state index is 0.0710. The van der Waals surface area contributed by atoms with E-state index in [0.717, 1.165) is 6.07 Å². The molecule has 3 aromatic rings. The van der Waals surface area contributed by atoms with Crippen LogP contribution in [0.4, 0.5) is 18.9 Å². The van der Waals surface area contributed by atoms with Crippen LogP contribution in [0.1, 0.15) is 11.3 Å². The maximum atomic E-state index is 12.9. The van der Waals surface area contributed by atoms with Crippen LogP contribution >= 0.6 is 11.3 Å². The van der Waals surface area contributed by atoms with Crippen molar-refractivity contribution in [1.82, 2.24) is 10.4 Å². The topological polar surface area (TPSA) is 67.2 Å². The zero-order valence-corrected chi connectivity index (χ0v) is 13.4. The number of amides is 1. The summed E-state index contributed by atoms with van der Waals surface area (Å²) in [5.41, 5.74) is 3.99. The maximum Gasteiger partial charge on any atom is 0.418 e. The van der Waals surface area contributed by atoms with Crippen LogP contribution in [0.15, 0.2) is 52.5 Å². The number of hydrazine groups is 1. The van der Waals surface area contributed by atoms with Crippen LogP contribution in [0.3, 0.4) is 0 Å². The molecule has 3 rings (SSSR count). The molecule has 0 radical (unpaired) electrons. The van der Waals surface area contributed by atoms with Crippen molar-refractivity contribution in [3.63, 3.8) is 0 Å². The quantitative estimate of drug-likeness (QED) is 0.666. The SMILES string of the molecule is O=C(Cc1csc(-c2ccco2)n1)NNc1ccccc1C(F)(F)F. The van der Waals surface area contributed by atoms with E-state index in [1.807, 2.05) is 0 Å². The monoisotopic (exact) mass is 367 g/mol. The smallest absolute Gasteiger partial charge is 0.418 e. The maximum absolute atomic E-state index is 12.9. The third-order valence-electron chi connectivity index (χ3n) is 3.19. The summed E-state index contributed by atoms with van der Waals surface area (Å²) in [7, 11) is 0. The molecule has 0 aliphatic rings. The summed E-state index contributed by atoms with van der Waals surface area (Å²) < 4.78 is 43.9. The van der Waals surface area contributed by atoms with E-state index in [9.17, 15) is 18.0 Å². The van der Waals surface area contributed by atoms with Crippen LogP contribution in [0.2, 0.25) is 0 Å². The summed E-state index contributed by atoms with van der Waals surface area (Å²) in [6.45, 7) is 0. The predicted molar refractivity (Wildman–Crippen MR) is 86.7 cm³/mol. The van der Waals surface area contributed by atoms with E-state index in [0.29, 0.717) is 16.5 Å². The lowest BCUT2D eigenvalue weighted by atomic mass is 10.2. The molecule has 130 valence electrons. The summed E-state index contributed by atoms with van der Waals surface area (Å²) in [5, 5.41) is 2.32. The molecule has 2 heterocycles. The van der Waals surface area contributed by atoms with Gasteiger partial charge >= 0.3 is 6.18 Å². The summed E-state index contributed by atoms with van der Waals surface area (Å²) in [5.74, 6) is 0.0853. The van der Waals surface area contributed by atoms with Gasteiger partial charge < -0.3 is 4.42 Å². The van der Waals surface area contributed by atoms with Crippen LogP contribution in [-0.2, 0) is 17.4 Å². The third-order valence-corrected chi connectivity index (χ3v) is 4.10. The summed E-state index contributed by atoms with van der Waals surface area (Å²) in [4.78, 5) is 16.2. The molecule has 9 heteroatoms. The van der Waals surface area contributed by atoms with Crippen LogP contribution in [0, 0.1) is 0 Å². The van der Waals surface area contributed by atoms with Crippen molar-refractivity contribution >= 4 is 22.9 Å². The largest absolute Gasteiger partial charge is 0.462 e. The lowest BCUT2D eigenvalue weighted by Gasteiger charge is -2.14. The predicted octanol–water partition coefficient (Wildman–Crippen LogP) is 4.11. The Hall–Kier alpha value is -2.81. The van der Waals surface area contributed by atoms with Gasteiger partial charge in [0, 0.05) is 5.38 Å². The van der Waals surface area contributed by atoms with Crippen molar-refractivity contribution in [3.8, 4) is 10.8 Å². The first kappa shape index (κ1) is 17.0. The second-order valence-corrected chi connectivity index (χ2v) is 5.87. The average Bonchev–Trinajstić information content (AvgIpc) is 3.23. The van der Waals surface area contributed by atoms with Crippen LogP contribution < -0.4 is 10.9 Å². The van der Waals surface area contributed by atoms with Crippen LogP contribution in [-0.4, -0.2) is 10.9 Å². The molecular weight excluding hydrogens is 355 g/mol. The minimum atomic E-state index is -4.51. The van der Waals surface area contributed by atoms with Gasteiger partial charge in [-0.05, 0) is 24.3 Å². The summed E-state index contributed by atoms with van der Waals surface area (Å²) in [6, 6.07) is 8.37. The van der Waals surface area contributed by atoms with E-state index in [-0.39, 0.29) is 12.1 Å². The molecule has 0 unspecified atom stereocenters. The molecule has 25 heavy (non-hydrogen) atoms. The highest BCUT2D eigenvalue weighted by Crippen LogP contribution is 2.34. The first-order valence-corrected chi connectivity index (χ1v) is 8.01. The zero-order valence-electron chi connectivity index (χ0n) is 12.6. The Morgan fingerprint density at radius 1 is 1.20 bits per heavy atom. The molecule has 0 saturated heterocycles. The number of carbonyl (C=O) groups excluding carboxylic acids is 1. The van der Waals surface area contributed by atoms with Crippen molar-refractivity contribution in [2.75, 3.05) is 5.43 Å². The molecule has 0 fully saturated rings. The van der Waals surface area contributed by atoms with Gasteiger partial charge in [-0.1, -0.05) is 12.1 Å². The van der Waals surface area contributed by atoms with Crippen LogP contribution in [0.5, 0.6) is 0 Å². The Kier molecular flexibility index (Phi) is 4.75. The van der Waals surface area contributed by atoms with E-state index in [1.165, 1.54) is 35.8 Å². The second kappa shape index (κ2) is 6.98. The number of anilines is 1. The number of hydrogen-bond donors (Lipinski definition) is 2. The number of nitrogens with zero attached hydrogens (tertiary/aromatic N) is 1. The lowest BCUT2D eigenvalue weighted by Crippen LogP contribution is -2.31. The van der Waals surface area contributed by atoms with E-state index in [1.54, 1.807) is 17.5 Å². The molecule has 1 amide bonds. The molecule has 0 atom stereocenters.